The van der Waals surface area contributed by atoms with Crippen LogP contribution in [-0.2, 0) is 0 Å². The summed E-state index contributed by atoms with van der Waals surface area (Å²) in [4.78, 5) is 0. The molecule has 0 unspecified atom stereocenters. The summed E-state index contributed by atoms with van der Waals surface area (Å²) >= 11 is 1.79. The highest BCUT2D eigenvalue weighted by molar-refractivity contribution is 7.26. The molecule has 7 nitrogen and oxygen atoms in total. The van der Waals surface area contributed by atoms with Crippen LogP contribution in [0.25, 0.3) is 163 Å². The van der Waals surface area contributed by atoms with Crippen LogP contribution < -0.4 is 0 Å². The maximum atomic E-state index is 13.0. The summed E-state index contributed by atoms with van der Waals surface area (Å²) in [6.07, 6.45) is 0. The van der Waals surface area contributed by atoms with Gasteiger partial charge in [-0.3, -0.25) is 0 Å². The monoisotopic (exact) mass is 1060 g/mol. The number of hydrogen-bond acceptors (Lipinski definition) is 4. The highest BCUT2D eigenvalue weighted by Gasteiger charge is 2.35. The van der Waals surface area contributed by atoms with Gasteiger partial charge in [0.1, 0.15) is 34.4 Å². The lowest BCUT2D eigenvalue weighted by Crippen LogP contribution is -2.16. The Morgan fingerprint density at radius 2 is 0.707 bits per heavy atom. The van der Waals surface area contributed by atoms with Crippen LogP contribution in [0.1, 0.15) is 11.1 Å². The SMILES string of the molecule is N#Cc1c(-n2c3ccccc3c3ccccc32)c(-n2c3ccccc3c3ccccc32)c(C#N)c(-n2c3cc(-c4cccc5oc6ccccc6c45)ccc3c3c4sc5ccccc5c4ccc32)c1-n1c2ccccc2c2ccccc21. The predicted octanol–water partition coefficient (Wildman–Crippen LogP) is 19.8. The predicted molar refractivity (Wildman–Crippen MR) is 339 cm³/mol. The van der Waals surface area contributed by atoms with Crippen molar-refractivity contribution in [2.75, 3.05) is 0 Å². The molecule has 0 spiro atoms. The van der Waals surface area contributed by atoms with Gasteiger partial charge in [0.2, 0.25) is 0 Å². The summed E-state index contributed by atoms with van der Waals surface area (Å²) < 4.78 is 18.0. The van der Waals surface area contributed by atoms with Crippen molar-refractivity contribution < 1.29 is 4.42 Å². The first-order valence-corrected chi connectivity index (χ1v) is 28.3. The zero-order valence-electron chi connectivity index (χ0n) is 43.6. The van der Waals surface area contributed by atoms with E-state index < -0.39 is 0 Å². The van der Waals surface area contributed by atoms with Gasteiger partial charge in [0.25, 0.3) is 0 Å². The van der Waals surface area contributed by atoms with Crippen LogP contribution in [0.4, 0.5) is 0 Å². The van der Waals surface area contributed by atoms with Gasteiger partial charge in [-0.1, -0.05) is 176 Å². The van der Waals surface area contributed by atoms with Gasteiger partial charge >= 0.3 is 0 Å². The van der Waals surface area contributed by atoms with E-state index in [4.69, 9.17) is 4.42 Å². The molecule has 0 saturated heterocycles. The van der Waals surface area contributed by atoms with E-state index >= 15 is 0 Å². The van der Waals surface area contributed by atoms with E-state index in [1.165, 1.54) is 15.5 Å². The lowest BCUT2D eigenvalue weighted by molar-refractivity contribution is 0.669. The van der Waals surface area contributed by atoms with Gasteiger partial charge < -0.3 is 22.7 Å². The Hall–Kier alpha value is -11.2. The van der Waals surface area contributed by atoms with Crippen LogP contribution in [0.3, 0.4) is 0 Å². The Kier molecular flexibility index (Phi) is 9.11. The average Bonchev–Trinajstić information content (AvgIpc) is 1.84. The van der Waals surface area contributed by atoms with Crippen molar-refractivity contribution in [3.05, 3.63) is 254 Å². The third-order valence-electron chi connectivity index (χ3n) is 17.2. The minimum atomic E-state index is 0.405. The average molecular weight is 1060 g/mol. The van der Waals surface area contributed by atoms with Crippen LogP contribution >= 0.6 is 11.3 Å². The van der Waals surface area contributed by atoms with E-state index in [-0.39, 0.29) is 0 Å². The van der Waals surface area contributed by atoms with E-state index in [1.807, 2.05) is 18.2 Å². The number of thiophene rings is 1. The van der Waals surface area contributed by atoms with Crippen LogP contribution in [0, 0.1) is 22.7 Å². The molecule has 0 N–H and O–H groups in total. The molecule has 82 heavy (non-hydrogen) atoms. The molecule has 6 heterocycles. The maximum Gasteiger partial charge on any atom is 0.136 e. The van der Waals surface area contributed by atoms with E-state index in [0.717, 1.165) is 125 Å². The van der Waals surface area contributed by atoms with Gasteiger partial charge in [0.15, 0.2) is 0 Å². The van der Waals surface area contributed by atoms with Gasteiger partial charge in [0, 0.05) is 74.0 Å². The molecule has 0 aliphatic heterocycles. The fraction of sp³-hybridized carbons (Fsp3) is 0. The second-order valence-electron chi connectivity index (χ2n) is 21.3. The highest BCUT2D eigenvalue weighted by Crippen LogP contribution is 2.51. The van der Waals surface area contributed by atoms with Crippen molar-refractivity contribution in [3.8, 4) is 46.0 Å². The molecule has 8 heteroatoms. The third-order valence-corrected chi connectivity index (χ3v) is 18.4. The molecule has 6 aromatic heterocycles. The molecule has 18 rings (SSSR count). The number of nitriles is 2. The fourth-order valence-electron chi connectivity index (χ4n) is 14.0. The van der Waals surface area contributed by atoms with Crippen molar-refractivity contribution in [2.45, 2.75) is 0 Å². The zero-order valence-corrected chi connectivity index (χ0v) is 44.4. The number of nitrogens with zero attached hydrogens (tertiary/aromatic N) is 6. The molecule has 378 valence electrons. The molecule has 0 amide bonds. The standard InChI is InChI=1S/C74H40N6OS/c75-41-55-70(77-57-27-9-1-18-45(57)46-19-2-10-28-58(46)77)71(78-59-29-11-3-20-47(59)48-21-4-12-30-60(48)78)56(42-76)73(72(55)79-61-31-13-5-22-49(61)50-23-6-14-32-62(50)79)80-63-39-38-52-51-24-8-16-35-67(51)82-74(52)69(63)53-37-36-43(40-64(53)80)44-26-17-34-66-68(44)54-25-7-15-33-65(54)81-66/h1-40H. The molecule has 0 fully saturated rings. The number of rotatable bonds is 5. The Labute approximate surface area is 471 Å². The maximum absolute atomic E-state index is 13.0. The van der Waals surface area contributed by atoms with Crippen LogP contribution in [0.5, 0.6) is 0 Å². The quantitative estimate of drug-likeness (QED) is 0.172. The van der Waals surface area contributed by atoms with Gasteiger partial charge in [-0.2, -0.15) is 10.5 Å². The Morgan fingerprint density at radius 3 is 1.20 bits per heavy atom. The summed E-state index contributed by atoms with van der Waals surface area (Å²) in [5.74, 6) is 0. The van der Waals surface area contributed by atoms with E-state index in [1.54, 1.807) is 11.3 Å². The van der Waals surface area contributed by atoms with E-state index in [0.29, 0.717) is 33.9 Å². The van der Waals surface area contributed by atoms with Gasteiger partial charge in [0.05, 0.1) is 66.9 Å². The summed E-state index contributed by atoms with van der Waals surface area (Å²) in [6, 6.07) is 91.2. The normalized spacial score (nSPS) is 12.1. The molecule has 12 aromatic carbocycles. The Balaban J connectivity index is 1.13. The number of fused-ring (bicyclic) bond motifs is 19. The second kappa shape index (κ2) is 16.7. The number of hydrogen-bond donors (Lipinski definition) is 0. The first kappa shape index (κ1) is 44.8. The largest absolute Gasteiger partial charge is 0.456 e. The van der Waals surface area contributed by atoms with E-state index in [9.17, 15) is 10.5 Å². The van der Waals surface area contributed by atoms with Crippen molar-refractivity contribution in [1.29, 1.82) is 10.5 Å². The van der Waals surface area contributed by atoms with Crippen molar-refractivity contribution >= 4 is 141 Å². The molecule has 0 aliphatic rings. The molecule has 0 bridgehead atoms. The minimum absolute atomic E-state index is 0.405. The summed E-state index contributed by atoms with van der Waals surface area (Å²) in [7, 11) is 0. The lowest BCUT2D eigenvalue weighted by Gasteiger charge is -2.27. The van der Waals surface area contributed by atoms with Crippen molar-refractivity contribution in [3.63, 3.8) is 0 Å². The van der Waals surface area contributed by atoms with Crippen LogP contribution in [0.15, 0.2) is 247 Å². The first-order valence-electron chi connectivity index (χ1n) is 27.5. The zero-order chi connectivity index (χ0) is 53.9. The molecule has 0 aliphatic carbocycles. The number of para-hydroxylation sites is 7. The molecule has 0 saturated carbocycles. The lowest BCUT2D eigenvalue weighted by atomic mass is 9.97. The van der Waals surface area contributed by atoms with Gasteiger partial charge in [-0.15, -0.1) is 11.3 Å². The highest BCUT2D eigenvalue weighted by atomic mass is 32.1. The third kappa shape index (κ3) is 5.84. The van der Waals surface area contributed by atoms with Crippen LogP contribution in [-0.4, -0.2) is 18.3 Å². The molecule has 0 radical (unpaired) electrons. The number of benzene rings is 12. The second-order valence-corrected chi connectivity index (χ2v) is 22.3. The number of furan rings is 1. The van der Waals surface area contributed by atoms with Crippen molar-refractivity contribution in [1.82, 2.24) is 18.3 Å². The van der Waals surface area contributed by atoms with Crippen LogP contribution in [0.2, 0.25) is 0 Å². The Bertz CT molecular complexity index is 5780. The van der Waals surface area contributed by atoms with Gasteiger partial charge in [-0.05, 0) is 77.9 Å². The van der Waals surface area contributed by atoms with Gasteiger partial charge in [-0.25, -0.2) is 0 Å². The summed E-state index contributed by atoms with van der Waals surface area (Å²) in [5, 5.41) is 38.6. The molecule has 0 atom stereocenters. The van der Waals surface area contributed by atoms with E-state index in [2.05, 4.69) is 255 Å². The first-order chi connectivity index (χ1) is 40.7. The fourth-order valence-corrected chi connectivity index (χ4v) is 15.2. The summed E-state index contributed by atoms with van der Waals surface area (Å²) in [5.41, 5.74) is 14.2. The Morgan fingerprint density at radius 1 is 0.305 bits per heavy atom. The number of aromatic nitrogens is 4. The molecular weight excluding hydrogens is 1020 g/mol. The summed E-state index contributed by atoms with van der Waals surface area (Å²) in [6.45, 7) is 0. The van der Waals surface area contributed by atoms with Crippen molar-refractivity contribution in [2.24, 2.45) is 0 Å². The molecule has 18 aromatic rings. The topological polar surface area (TPSA) is 80.4 Å². The minimum Gasteiger partial charge on any atom is -0.456 e. The smallest absolute Gasteiger partial charge is 0.136 e. The molecular formula is C74H40N6OS.